The third kappa shape index (κ3) is 1.84. The van der Waals surface area contributed by atoms with E-state index >= 15 is 0 Å². The average Bonchev–Trinajstić information content (AvgIpc) is 2.78. The molecule has 1 heterocycles. The van der Waals surface area contributed by atoms with E-state index < -0.39 is 6.09 Å². The second-order valence-electron chi connectivity index (χ2n) is 3.91. The summed E-state index contributed by atoms with van der Waals surface area (Å²) in [6, 6.07) is 9.55. The van der Waals surface area contributed by atoms with Gasteiger partial charge in [-0.15, -0.1) is 0 Å². The number of hydrogen-bond acceptors (Lipinski definition) is 2. The van der Waals surface area contributed by atoms with E-state index in [1.54, 1.807) is 6.07 Å². The maximum absolute atomic E-state index is 10.8. The molecule has 1 aliphatic heterocycles. The summed E-state index contributed by atoms with van der Waals surface area (Å²) in [7, 11) is 0. The van der Waals surface area contributed by atoms with Crippen LogP contribution in [0.25, 0.3) is 0 Å². The van der Waals surface area contributed by atoms with Crippen molar-refractivity contribution in [2.75, 3.05) is 13.1 Å². The predicted octanol–water partition coefficient (Wildman–Crippen LogP) is 2.03. The highest BCUT2D eigenvalue weighted by Gasteiger charge is 2.28. The average molecular weight is 216 g/mol. The Kier molecular flexibility index (Phi) is 2.78. The molecule has 0 aromatic heterocycles. The van der Waals surface area contributed by atoms with Gasteiger partial charge in [0.2, 0.25) is 0 Å². The van der Waals surface area contributed by atoms with Crippen LogP contribution in [0, 0.1) is 11.3 Å². The second kappa shape index (κ2) is 4.23. The lowest BCUT2D eigenvalue weighted by atomic mass is 9.94. The van der Waals surface area contributed by atoms with E-state index in [0.717, 1.165) is 12.0 Å². The summed E-state index contributed by atoms with van der Waals surface area (Å²) >= 11 is 0. The largest absolute Gasteiger partial charge is 0.465 e. The van der Waals surface area contributed by atoms with Crippen LogP contribution in [0.2, 0.25) is 0 Å². The van der Waals surface area contributed by atoms with Gasteiger partial charge in [0.05, 0.1) is 11.6 Å². The zero-order valence-electron chi connectivity index (χ0n) is 8.76. The molecule has 0 saturated carbocycles. The van der Waals surface area contributed by atoms with Gasteiger partial charge in [0.25, 0.3) is 0 Å². The Morgan fingerprint density at radius 3 is 2.88 bits per heavy atom. The summed E-state index contributed by atoms with van der Waals surface area (Å²) in [5, 5.41) is 17.8. The van der Waals surface area contributed by atoms with Crippen LogP contribution in [0.4, 0.5) is 4.79 Å². The Bertz CT molecular complexity index is 451. The fourth-order valence-corrected chi connectivity index (χ4v) is 2.14. The number of rotatable bonds is 1. The minimum Gasteiger partial charge on any atom is -0.465 e. The van der Waals surface area contributed by atoms with E-state index in [4.69, 9.17) is 10.4 Å². The minimum absolute atomic E-state index is 0.159. The number of carboxylic acid groups (broad SMARTS) is 1. The van der Waals surface area contributed by atoms with Gasteiger partial charge in [-0.05, 0) is 18.1 Å². The van der Waals surface area contributed by atoms with Gasteiger partial charge in [0, 0.05) is 19.0 Å². The van der Waals surface area contributed by atoms with Gasteiger partial charge >= 0.3 is 6.09 Å². The molecule has 1 aromatic carbocycles. The summed E-state index contributed by atoms with van der Waals surface area (Å²) in [6.45, 7) is 1.05. The first kappa shape index (κ1) is 10.5. The van der Waals surface area contributed by atoms with Crippen LogP contribution in [0.3, 0.4) is 0 Å². The Balaban J connectivity index is 2.21. The maximum atomic E-state index is 10.8. The molecule has 0 unspecified atom stereocenters. The van der Waals surface area contributed by atoms with E-state index in [2.05, 4.69) is 6.07 Å². The standard InChI is InChI=1S/C12H12N2O2/c13-7-9-3-1-2-4-11(9)10-5-6-14(8-10)12(15)16/h1-4,10H,5-6,8H2,(H,15,16)/t10-/m1/s1. The fraction of sp³-hybridized carbons (Fsp3) is 0.333. The third-order valence-electron chi connectivity index (χ3n) is 2.98. The molecule has 1 fully saturated rings. The van der Waals surface area contributed by atoms with Crippen LogP contribution in [0.5, 0.6) is 0 Å². The minimum atomic E-state index is -0.878. The van der Waals surface area contributed by atoms with E-state index in [-0.39, 0.29) is 5.92 Å². The molecular formula is C12H12N2O2. The van der Waals surface area contributed by atoms with Gasteiger partial charge < -0.3 is 10.0 Å². The van der Waals surface area contributed by atoms with Crippen molar-refractivity contribution in [2.24, 2.45) is 0 Å². The summed E-state index contributed by atoms with van der Waals surface area (Å²) in [5.74, 6) is 0.159. The van der Waals surface area contributed by atoms with Crippen LogP contribution in [-0.2, 0) is 0 Å². The molecule has 16 heavy (non-hydrogen) atoms. The quantitative estimate of drug-likeness (QED) is 0.781. The number of nitrogens with zero attached hydrogens (tertiary/aromatic N) is 2. The normalized spacial score (nSPS) is 19.4. The number of hydrogen-bond donors (Lipinski definition) is 1. The fourth-order valence-electron chi connectivity index (χ4n) is 2.14. The van der Waals surface area contributed by atoms with Crippen molar-refractivity contribution in [1.82, 2.24) is 4.90 Å². The molecule has 1 aromatic rings. The van der Waals surface area contributed by atoms with Crippen molar-refractivity contribution < 1.29 is 9.90 Å². The molecule has 4 nitrogen and oxygen atoms in total. The van der Waals surface area contributed by atoms with Gasteiger partial charge in [-0.25, -0.2) is 4.79 Å². The SMILES string of the molecule is N#Cc1ccccc1[C@@H]1CCN(C(=O)O)C1. The topological polar surface area (TPSA) is 64.3 Å². The van der Waals surface area contributed by atoms with Gasteiger partial charge in [0.15, 0.2) is 0 Å². The molecule has 0 bridgehead atoms. The molecule has 4 heteroatoms. The maximum Gasteiger partial charge on any atom is 0.407 e. The number of nitriles is 1. The Morgan fingerprint density at radius 2 is 2.25 bits per heavy atom. The Morgan fingerprint density at radius 1 is 1.50 bits per heavy atom. The Labute approximate surface area is 93.7 Å². The highest BCUT2D eigenvalue weighted by Crippen LogP contribution is 2.29. The van der Waals surface area contributed by atoms with Crippen molar-refractivity contribution in [3.8, 4) is 6.07 Å². The van der Waals surface area contributed by atoms with Crippen LogP contribution < -0.4 is 0 Å². The first-order valence-corrected chi connectivity index (χ1v) is 5.19. The lowest BCUT2D eigenvalue weighted by Crippen LogP contribution is -2.26. The highest BCUT2D eigenvalue weighted by atomic mass is 16.4. The summed E-state index contributed by atoms with van der Waals surface area (Å²) in [5.41, 5.74) is 1.62. The molecule has 1 N–H and O–H groups in total. The molecule has 0 radical (unpaired) electrons. The van der Waals surface area contributed by atoms with E-state index in [1.165, 1.54) is 4.90 Å². The predicted molar refractivity (Wildman–Crippen MR) is 58.1 cm³/mol. The zero-order chi connectivity index (χ0) is 11.5. The molecular weight excluding hydrogens is 204 g/mol. The van der Waals surface area contributed by atoms with Crippen LogP contribution in [0.15, 0.2) is 24.3 Å². The van der Waals surface area contributed by atoms with Crippen molar-refractivity contribution in [2.45, 2.75) is 12.3 Å². The van der Waals surface area contributed by atoms with Crippen molar-refractivity contribution in [3.05, 3.63) is 35.4 Å². The molecule has 1 saturated heterocycles. The number of amides is 1. The zero-order valence-corrected chi connectivity index (χ0v) is 8.76. The third-order valence-corrected chi connectivity index (χ3v) is 2.98. The second-order valence-corrected chi connectivity index (χ2v) is 3.91. The lowest BCUT2D eigenvalue weighted by molar-refractivity contribution is 0.155. The van der Waals surface area contributed by atoms with Crippen molar-refractivity contribution in [3.63, 3.8) is 0 Å². The summed E-state index contributed by atoms with van der Waals surface area (Å²) in [4.78, 5) is 12.2. The lowest BCUT2D eigenvalue weighted by Gasteiger charge is -2.13. The number of likely N-dealkylation sites (tertiary alicyclic amines) is 1. The highest BCUT2D eigenvalue weighted by molar-refractivity contribution is 5.65. The van der Waals surface area contributed by atoms with Crippen LogP contribution in [0.1, 0.15) is 23.5 Å². The number of benzene rings is 1. The van der Waals surface area contributed by atoms with Crippen molar-refractivity contribution >= 4 is 6.09 Å². The summed E-state index contributed by atoms with van der Waals surface area (Å²) in [6.07, 6.45) is -0.0812. The van der Waals surface area contributed by atoms with Gasteiger partial charge in [-0.3, -0.25) is 0 Å². The smallest absolute Gasteiger partial charge is 0.407 e. The monoisotopic (exact) mass is 216 g/mol. The van der Waals surface area contributed by atoms with Gasteiger partial charge in [-0.2, -0.15) is 5.26 Å². The van der Waals surface area contributed by atoms with E-state index in [1.807, 2.05) is 18.2 Å². The first-order chi connectivity index (χ1) is 7.72. The molecule has 2 rings (SSSR count). The first-order valence-electron chi connectivity index (χ1n) is 5.19. The van der Waals surface area contributed by atoms with E-state index in [9.17, 15) is 4.79 Å². The summed E-state index contributed by atoms with van der Waals surface area (Å²) < 4.78 is 0. The molecule has 0 aliphatic carbocycles. The van der Waals surface area contributed by atoms with Crippen molar-refractivity contribution in [1.29, 1.82) is 5.26 Å². The number of carbonyl (C=O) groups is 1. The van der Waals surface area contributed by atoms with Crippen LogP contribution in [-0.4, -0.2) is 29.2 Å². The molecule has 82 valence electrons. The van der Waals surface area contributed by atoms with Gasteiger partial charge in [0.1, 0.15) is 0 Å². The molecule has 1 amide bonds. The van der Waals surface area contributed by atoms with Gasteiger partial charge in [-0.1, -0.05) is 18.2 Å². The molecule has 1 aliphatic rings. The van der Waals surface area contributed by atoms with E-state index in [0.29, 0.717) is 18.7 Å². The Hall–Kier alpha value is -2.02. The molecule has 0 spiro atoms. The van der Waals surface area contributed by atoms with Crippen LogP contribution >= 0.6 is 0 Å². The molecule has 1 atom stereocenters.